The first-order valence-corrected chi connectivity index (χ1v) is 17.5. The number of hydrogen-bond donors (Lipinski definition) is 2. The van der Waals surface area contributed by atoms with Crippen LogP contribution in [0.2, 0.25) is 10.0 Å². The minimum absolute atomic E-state index is 0.0683. The van der Waals surface area contributed by atoms with Crippen molar-refractivity contribution in [2.75, 3.05) is 47.6 Å². The van der Waals surface area contributed by atoms with Crippen molar-refractivity contribution in [3.8, 4) is 45.4 Å². The molecule has 2 saturated heterocycles. The van der Waals surface area contributed by atoms with Crippen LogP contribution in [0.15, 0.2) is 48.8 Å². The molecule has 4 heterocycles. The van der Waals surface area contributed by atoms with E-state index in [1.165, 1.54) is 0 Å². The Labute approximate surface area is 302 Å². The van der Waals surface area contributed by atoms with E-state index < -0.39 is 0 Å². The minimum atomic E-state index is -0.277. The lowest BCUT2D eigenvalue weighted by molar-refractivity contribution is -0.119. The van der Waals surface area contributed by atoms with Crippen molar-refractivity contribution in [3.63, 3.8) is 0 Å². The minimum Gasteiger partial charge on any atom is -0.480 e. The molecule has 0 spiro atoms. The third kappa shape index (κ3) is 7.72. The maximum absolute atomic E-state index is 11.5. The maximum atomic E-state index is 11.5. The zero-order valence-electron chi connectivity index (χ0n) is 28.5. The predicted molar refractivity (Wildman–Crippen MR) is 192 cm³/mol. The van der Waals surface area contributed by atoms with E-state index in [9.17, 15) is 9.90 Å². The van der Waals surface area contributed by atoms with Crippen molar-refractivity contribution >= 4 is 29.1 Å². The summed E-state index contributed by atoms with van der Waals surface area (Å²) in [6.07, 6.45) is 8.15. The van der Waals surface area contributed by atoms with Gasteiger partial charge in [0.15, 0.2) is 0 Å². The van der Waals surface area contributed by atoms with Crippen LogP contribution >= 0.6 is 23.2 Å². The average Bonchev–Trinajstić information content (AvgIpc) is 3.74. The molecule has 0 bridgehead atoms. The Morgan fingerprint density at radius 3 is 2.08 bits per heavy atom. The highest BCUT2D eigenvalue weighted by Crippen LogP contribution is 2.42. The van der Waals surface area contributed by atoms with Gasteiger partial charge in [-0.05, 0) is 38.6 Å². The van der Waals surface area contributed by atoms with Gasteiger partial charge in [-0.2, -0.15) is 0 Å². The molecule has 2 aromatic heterocycles. The standard InChI is InChI=1S/C37H42Cl2N6O5/c1-48-22-37(21-46)15-16-45(20-37)19-31-36(50-3)44-30(18-41-31)27-11-6-9-25(34(27)39)24-8-5-10-26(33(24)38)29-17-40-28(35(43-29)49-2)12-4-7-23-13-14-32(47)42-23/h5-6,8-11,17-18,23,46H,4,7,12-16,19-22H2,1-3H3,(H,42,47)/t23-,37?/m1/s1. The predicted octanol–water partition coefficient (Wildman–Crippen LogP) is 6.02. The number of amides is 1. The number of aromatic nitrogens is 4. The van der Waals surface area contributed by atoms with E-state index in [1.54, 1.807) is 33.7 Å². The van der Waals surface area contributed by atoms with Gasteiger partial charge in [-0.1, -0.05) is 59.6 Å². The van der Waals surface area contributed by atoms with E-state index in [2.05, 4.69) is 15.2 Å². The Bertz CT molecular complexity index is 1840. The summed E-state index contributed by atoms with van der Waals surface area (Å²) in [6.45, 7) is 2.62. The van der Waals surface area contributed by atoms with E-state index in [4.69, 9.17) is 52.4 Å². The fourth-order valence-electron chi connectivity index (χ4n) is 6.92. The summed E-state index contributed by atoms with van der Waals surface area (Å²) in [5, 5.41) is 14.0. The van der Waals surface area contributed by atoms with Crippen molar-refractivity contribution in [1.82, 2.24) is 30.2 Å². The quantitative estimate of drug-likeness (QED) is 0.159. The molecule has 1 amide bonds. The van der Waals surface area contributed by atoms with E-state index in [-0.39, 0.29) is 24.0 Å². The summed E-state index contributed by atoms with van der Waals surface area (Å²) >= 11 is 14.2. The van der Waals surface area contributed by atoms with Crippen LogP contribution in [0.1, 0.15) is 43.5 Å². The maximum Gasteiger partial charge on any atom is 0.237 e. The Balaban J connectivity index is 1.22. The Morgan fingerprint density at radius 1 is 0.920 bits per heavy atom. The molecule has 0 radical (unpaired) electrons. The number of likely N-dealkylation sites (tertiary alicyclic amines) is 1. The highest BCUT2D eigenvalue weighted by molar-refractivity contribution is 6.39. The summed E-state index contributed by atoms with van der Waals surface area (Å²) in [5.41, 5.74) is 5.17. The fourth-order valence-corrected chi connectivity index (χ4v) is 7.57. The van der Waals surface area contributed by atoms with Crippen molar-refractivity contribution in [1.29, 1.82) is 0 Å². The molecular formula is C37H42Cl2N6O5. The number of ether oxygens (including phenoxy) is 3. The zero-order valence-corrected chi connectivity index (χ0v) is 30.1. The van der Waals surface area contributed by atoms with Gasteiger partial charge in [0.2, 0.25) is 17.7 Å². The van der Waals surface area contributed by atoms with E-state index in [1.807, 2.05) is 36.4 Å². The summed E-state index contributed by atoms with van der Waals surface area (Å²) in [6, 6.07) is 11.7. The second kappa shape index (κ2) is 16.0. The monoisotopic (exact) mass is 720 g/mol. The first-order chi connectivity index (χ1) is 24.3. The molecule has 13 heteroatoms. The Morgan fingerprint density at radius 2 is 1.52 bits per heavy atom. The number of aryl methyl sites for hydroxylation is 1. The van der Waals surface area contributed by atoms with Gasteiger partial charge in [-0.3, -0.25) is 19.7 Å². The lowest BCUT2D eigenvalue weighted by atomic mass is 9.89. The summed E-state index contributed by atoms with van der Waals surface area (Å²) in [5.74, 6) is 0.983. The van der Waals surface area contributed by atoms with Gasteiger partial charge >= 0.3 is 0 Å². The van der Waals surface area contributed by atoms with Crippen LogP contribution in [0.4, 0.5) is 0 Å². The van der Waals surface area contributed by atoms with Crippen LogP contribution in [-0.4, -0.2) is 89.5 Å². The van der Waals surface area contributed by atoms with Gasteiger partial charge in [0.25, 0.3) is 0 Å². The third-order valence-corrected chi connectivity index (χ3v) is 10.4. The highest BCUT2D eigenvalue weighted by atomic mass is 35.5. The molecule has 1 unspecified atom stereocenters. The van der Waals surface area contributed by atoms with Crippen molar-refractivity contribution in [2.45, 2.75) is 51.1 Å². The summed E-state index contributed by atoms with van der Waals surface area (Å²) in [4.78, 5) is 32.8. The van der Waals surface area contributed by atoms with Gasteiger partial charge in [-0.25, -0.2) is 9.97 Å². The van der Waals surface area contributed by atoms with Gasteiger partial charge in [-0.15, -0.1) is 0 Å². The number of rotatable bonds is 14. The molecule has 2 aliphatic rings. The number of carbonyl (C=O) groups excluding carboxylic acids is 1. The van der Waals surface area contributed by atoms with E-state index in [0.717, 1.165) is 49.0 Å². The number of nitrogens with one attached hydrogen (secondary N) is 1. The van der Waals surface area contributed by atoms with Gasteiger partial charge < -0.3 is 24.6 Å². The molecule has 2 N–H and O–H groups in total. The third-order valence-electron chi connectivity index (χ3n) is 9.58. The molecule has 6 rings (SSSR count). The Hall–Kier alpha value is -3.87. The topological polar surface area (TPSA) is 132 Å². The lowest BCUT2D eigenvalue weighted by Crippen LogP contribution is -2.34. The van der Waals surface area contributed by atoms with Crippen LogP contribution in [0.3, 0.4) is 0 Å². The molecular weight excluding hydrogens is 679 g/mol. The number of benzene rings is 2. The van der Waals surface area contributed by atoms with Crippen LogP contribution < -0.4 is 14.8 Å². The number of carbonyl (C=O) groups is 1. The normalized spacial score (nSPS) is 19.2. The smallest absolute Gasteiger partial charge is 0.237 e. The van der Waals surface area contributed by atoms with Crippen molar-refractivity contribution < 1.29 is 24.1 Å². The number of methoxy groups -OCH3 is 3. The number of nitrogens with zero attached hydrogens (tertiary/aromatic N) is 5. The van der Waals surface area contributed by atoms with Crippen LogP contribution in [-0.2, 0) is 22.5 Å². The molecule has 2 aliphatic heterocycles. The van der Waals surface area contributed by atoms with Gasteiger partial charge in [0.1, 0.15) is 11.4 Å². The number of hydrogen-bond acceptors (Lipinski definition) is 10. The first kappa shape index (κ1) is 35.9. The molecule has 4 aromatic rings. The zero-order chi connectivity index (χ0) is 35.3. The molecule has 2 aromatic carbocycles. The van der Waals surface area contributed by atoms with Crippen LogP contribution in [0.5, 0.6) is 11.8 Å². The summed E-state index contributed by atoms with van der Waals surface area (Å²) < 4.78 is 16.7. The molecule has 2 fully saturated rings. The number of aliphatic hydroxyl groups is 1. The number of halogens is 2. The number of aliphatic hydroxyl groups excluding tert-OH is 1. The molecule has 2 atom stereocenters. The van der Waals surface area contributed by atoms with Crippen molar-refractivity contribution in [2.24, 2.45) is 5.41 Å². The molecule has 11 nitrogen and oxygen atoms in total. The Kier molecular flexibility index (Phi) is 11.5. The highest BCUT2D eigenvalue weighted by Gasteiger charge is 2.38. The van der Waals surface area contributed by atoms with E-state index >= 15 is 0 Å². The lowest BCUT2D eigenvalue weighted by Gasteiger charge is -2.26. The second-order valence-electron chi connectivity index (χ2n) is 13.0. The summed E-state index contributed by atoms with van der Waals surface area (Å²) in [7, 11) is 4.82. The van der Waals surface area contributed by atoms with Crippen LogP contribution in [0, 0.1) is 5.41 Å². The molecule has 0 aliphatic carbocycles. The molecule has 50 heavy (non-hydrogen) atoms. The van der Waals surface area contributed by atoms with Crippen LogP contribution in [0.25, 0.3) is 33.6 Å². The SMILES string of the molecule is COCC1(CO)CCN(Cc2ncc(-c3cccc(-c4cccc(-c5cnc(CCC[C@@H]6CCC(=O)N6)c(OC)n5)c4Cl)c3Cl)nc2OC)C1. The fraction of sp³-hybridized carbons (Fsp3) is 0.432. The van der Waals surface area contributed by atoms with E-state index in [0.29, 0.717) is 82.6 Å². The second-order valence-corrected chi connectivity index (χ2v) is 13.8. The van der Waals surface area contributed by atoms with Gasteiger partial charge in [0, 0.05) is 60.3 Å². The van der Waals surface area contributed by atoms with Gasteiger partial charge in [0.05, 0.1) is 61.3 Å². The molecule has 264 valence electrons. The first-order valence-electron chi connectivity index (χ1n) is 16.8. The average molecular weight is 722 g/mol. The largest absolute Gasteiger partial charge is 0.480 e. The molecule has 0 saturated carbocycles. The van der Waals surface area contributed by atoms with Crippen molar-refractivity contribution in [3.05, 3.63) is 70.2 Å².